The van der Waals surface area contributed by atoms with E-state index in [2.05, 4.69) is 38.5 Å². The third-order valence-corrected chi connectivity index (χ3v) is 3.13. The lowest BCUT2D eigenvalue weighted by Gasteiger charge is -2.19. The van der Waals surface area contributed by atoms with Crippen LogP contribution in [0.5, 0.6) is 0 Å². The van der Waals surface area contributed by atoms with Crippen molar-refractivity contribution in [2.24, 2.45) is 0 Å². The summed E-state index contributed by atoms with van der Waals surface area (Å²) in [6.07, 6.45) is 1.04. The molecule has 0 unspecified atom stereocenters. The largest absolute Gasteiger partial charge is 0.392 e. The van der Waals surface area contributed by atoms with E-state index in [4.69, 9.17) is 9.90 Å². The van der Waals surface area contributed by atoms with Gasteiger partial charge in [-0.2, -0.15) is 0 Å². The minimum absolute atomic E-state index is 0.0298. The van der Waals surface area contributed by atoms with Crippen molar-refractivity contribution in [1.82, 2.24) is 4.90 Å². The molecule has 0 aromatic rings. The van der Waals surface area contributed by atoms with Gasteiger partial charge < -0.3 is 14.8 Å². The average molecular weight is 249 g/mol. The van der Waals surface area contributed by atoms with Crippen LogP contribution in [-0.4, -0.2) is 36.5 Å². The fourth-order valence-electron chi connectivity index (χ4n) is 1.82. The summed E-state index contributed by atoms with van der Waals surface area (Å²) in [5.41, 5.74) is 5.45. The molecule has 100 valence electrons. The Morgan fingerprint density at radius 1 is 1.39 bits per heavy atom. The van der Waals surface area contributed by atoms with Gasteiger partial charge in [0.05, 0.1) is 6.61 Å². The molecule has 1 heterocycles. The molecule has 1 rings (SSSR count). The lowest BCUT2D eigenvalue weighted by atomic mass is 10.0. The van der Waals surface area contributed by atoms with Crippen LogP contribution in [0.4, 0.5) is 0 Å². The van der Waals surface area contributed by atoms with E-state index in [1.165, 1.54) is 11.1 Å². The zero-order valence-corrected chi connectivity index (χ0v) is 11.5. The number of carbonyl (C=O) groups is 1. The Morgan fingerprint density at radius 3 is 2.39 bits per heavy atom. The molecule has 1 fully saturated rings. The van der Waals surface area contributed by atoms with E-state index < -0.39 is 0 Å². The van der Waals surface area contributed by atoms with Gasteiger partial charge in [-0.25, -0.2) is 0 Å². The molecule has 0 saturated carbocycles. The first-order valence-electron chi connectivity index (χ1n) is 5.89. The first kappa shape index (κ1) is 16.4. The number of hydrogen-bond acceptors (Lipinski definition) is 3. The number of carbonyl (C=O) groups excluding carboxylic acids is 1. The highest BCUT2D eigenvalue weighted by molar-refractivity contribution is 5.51. The van der Waals surface area contributed by atoms with E-state index in [9.17, 15) is 0 Å². The van der Waals surface area contributed by atoms with Gasteiger partial charge in [-0.3, -0.25) is 0 Å². The summed E-state index contributed by atoms with van der Waals surface area (Å²) in [6.45, 7) is 19.7. The lowest BCUT2D eigenvalue weighted by molar-refractivity contribution is -0.0979. The van der Waals surface area contributed by atoms with Gasteiger partial charge in [0.2, 0.25) is 0 Å². The quantitative estimate of drug-likeness (QED) is 0.778. The highest BCUT2D eigenvalue weighted by Crippen LogP contribution is 2.32. The molecule has 3 nitrogen and oxygen atoms in total. The fourth-order valence-corrected chi connectivity index (χ4v) is 1.82. The van der Waals surface area contributed by atoms with E-state index in [1.54, 1.807) is 0 Å². The van der Waals surface area contributed by atoms with Gasteiger partial charge in [-0.1, -0.05) is 32.2 Å². The normalized spacial score (nSPS) is 17.4. The molecule has 0 atom stereocenters. The second-order valence-electron chi connectivity index (χ2n) is 4.30. The zero-order valence-electron chi connectivity index (χ0n) is 11.5. The Hall–Kier alpha value is -1.61. The van der Waals surface area contributed by atoms with Crippen LogP contribution >= 0.6 is 0 Å². The third kappa shape index (κ3) is 3.70. The van der Waals surface area contributed by atoms with Crippen molar-refractivity contribution in [2.45, 2.75) is 20.3 Å². The Balaban J connectivity index is 0.00000137. The summed E-state index contributed by atoms with van der Waals surface area (Å²) in [5.74, 6) is 0. The highest BCUT2D eigenvalue weighted by atomic mass is 16.3. The summed E-state index contributed by atoms with van der Waals surface area (Å²) < 4.78 is 0. The molecule has 1 aliphatic rings. The van der Waals surface area contributed by atoms with Crippen LogP contribution in [0, 0.1) is 0 Å². The molecule has 0 amide bonds. The van der Waals surface area contributed by atoms with Crippen LogP contribution in [0.1, 0.15) is 20.3 Å². The summed E-state index contributed by atoms with van der Waals surface area (Å²) in [6, 6.07) is 0. The molecule has 0 bridgehead atoms. The predicted molar refractivity (Wildman–Crippen MR) is 76.2 cm³/mol. The second kappa shape index (κ2) is 7.67. The third-order valence-electron chi connectivity index (χ3n) is 3.13. The number of likely N-dealkylation sites (tertiary alicyclic amines) is 1. The maximum atomic E-state index is 8.98. The van der Waals surface area contributed by atoms with Crippen LogP contribution in [0.2, 0.25) is 0 Å². The maximum Gasteiger partial charge on any atom is 0.106 e. The van der Waals surface area contributed by atoms with Gasteiger partial charge in [0.25, 0.3) is 0 Å². The van der Waals surface area contributed by atoms with Crippen LogP contribution in [-0.2, 0) is 4.79 Å². The number of allylic oxidation sites excluding steroid dienone is 2. The molecule has 1 N–H and O–H groups in total. The SMILES string of the molecule is C=C(CO)CN1C/C(=C(/C)CC)C(=C)C1=C.C=O. The van der Waals surface area contributed by atoms with Crippen molar-refractivity contribution >= 4 is 6.79 Å². The van der Waals surface area contributed by atoms with E-state index in [0.717, 1.165) is 29.8 Å². The maximum absolute atomic E-state index is 8.98. The van der Waals surface area contributed by atoms with Gasteiger partial charge in [-0.15, -0.1) is 0 Å². The molecular weight excluding hydrogens is 226 g/mol. The van der Waals surface area contributed by atoms with Crippen molar-refractivity contribution in [3.05, 3.63) is 47.7 Å². The first-order valence-corrected chi connectivity index (χ1v) is 5.89. The first-order chi connectivity index (χ1) is 8.51. The van der Waals surface area contributed by atoms with Gasteiger partial charge in [-0.05, 0) is 30.1 Å². The molecule has 1 aliphatic heterocycles. The Kier molecular flexibility index (Phi) is 6.98. The number of rotatable bonds is 4. The molecule has 0 spiro atoms. The molecule has 18 heavy (non-hydrogen) atoms. The van der Waals surface area contributed by atoms with Crippen LogP contribution in [0.15, 0.2) is 47.7 Å². The topological polar surface area (TPSA) is 40.5 Å². The van der Waals surface area contributed by atoms with Gasteiger partial charge in [0, 0.05) is 18.8 Å². The predicted octanol–water partition coefficient (Wildman–Crippen LogP) is 2.46. The lowest BCUT2D eigenvalue weighted by Crippen LogP contribution is -2.21. The molecule has 0 aliphatic carbocycles. The van der Waals surface area contributed by atoms with Gasteiger partial charge >= 0.3 is 0 Å². The Labute approximate surface area is 110 Å². The number of hydrogen-bond donors (Lipinski definition) is 1. The standard InChI is InChI=1S/C14H21NO.CH2O/c1-6-11(3)14-8-15(7-10(2)9-16)13(5)12(14)4;1-2/h16H,2,4-9H2,1,3H3;1H2/b14-11+;. The van der Waals surface area contributed by atoms with Crippen molar-refractivity contribution < 1.29 is 9.90 Å². The Morgan fingerprint density at radius 2 is 1.94 bits per heavy atom. The molecular formula is C15H23NO2. The zero-order chi connectivity index (χ0) is 14.3. The van der Waals surface area contributed by atoms with E-state index >= 15 is 0 Å². The van der Waals surface area contributed by atoms with Gasteiger partial charge in [0.15, 0.2) is 0 Å². The van der Waals surface area contributed by atoms with Gasteiger partial charge in [0.1, 0.15) is 6.79 Å². The van der Waals surface area contributed by atoms with Crippen molar-refractivity contribution in [1.29, 1.82) is 0 Å². The minimum atomic E-state index is 0.0298. The summed E-state index contributed by atoms with van der Waals surface area (Å²) in [5, 5.41) is 8.98. The van der Waals surface area contributed by atoms with Crippen molar-refractivity contribution in [3.63, 3.8) is 0 Å². The highest BCUT2D eigenvalue weighted by Gasteiger charge is 2.24. The molecule has 1 saturated heterocycles. The monoisotopic (exact) mass is 249 g/mol. The number of nitrogens with zero attached hydrogens (tertiary/aromatic N) is 1. The van der Waals surface area contributed by atoms with Crippen molar-refractivity contribution in [3.8, 4) is 0 Å². The molecule has 0 aromatic carbocycles. The smallest absolute Gasteiger partial charge is 0.106 e. The molecule has 0 radical (unpaired) electrons. The minimum Gasteiger partial charge on any atom is -0.392 e. The molecule has 3 heteroatoms. The fraction of sp³-hybridized carbons (Fsp3) is 0.400. The average Bonchev–Trinajstić information content (AvgIpc) is 2.68. The molecule has 0 aromatic heterocycles. The summed E-state index contributed by atoms with van der Waals surface area (Å²) >= 11 is 0. The number of aliphatic hydroxyl groups excluding tert-OH is 1. The summed E-state index contributed by atoms with van der Waals surface area (Å²) in [4.78, 5) is 10.1. The van der Waals surface area contributed by atoms with E-state index in [-0.39, 0.29) is 6.61 Å². The second-order valence-corrected chi connectivity index (χ2v) is 4.30. The van der Waals surface area contributed by atoms with E-state index in [0.29, 0.717) is 6.54 Å². The van der Waals surface area contributed by atoms with Crippen LogP contribution in [0.3, 0.4) is 0 Å². The van der Waals surface area contributed by atoms with Crippen molar-refractivity contribution in [2.75, 3.05) is 19.7 Å². The van der Waals surface area contributed by atoms with E-state index in [1.807, 2.05) is 6.79 Å². The Bertz CT molecular complexity index is 380. The van der Waals surface area contributed by atoms with Crippen LogP contribution < -0.4 is 0 Å². The van der Waals surface area contributed by atoms with Crippen LogP contribution in [0.25, 0.3) is 0 Å². The summed E-state index contributed by atoms with van der Waals surface area (Å²) in [7, 11) is 0. The number of aliphatic hydroxyl groups is 1.